The number of rotatable bonds is 4. The fraction of sp³-hybridized carbons (Fsp3) is 0.435. The molecule has 0 aromatic heterocycles. The van der Waals surface area contributed by atoms with Crippen molar-refractivity contribution in [3.05, 3.63) is 52.6 Å². The number of carbonyl (C=O) groups is 1. The van der Waals surface area contributed by atoms with E-state index in [-0.39, 0.29) is 0 Å². The van der Waals surface area contributed by atoms with Crippen LogP contribution in [0, 0.1) is 12.8 Å². The predicted molar refractivity (Wildman–Crippen MR) is 115 cm³/mol. The largest absolute Gasteiger partial charge is 0.493 e. The van der Waals surface area contributed by atoms with Crippen molar-refractivity contribution in [3.63, 3.8) is 0 Å². The lowest BCUT2D eigenvalue weighted by Gasteiger charge is -2.39. The van der Waals surface area contributed by atoms with Gasteiger partial charge >= 0.3 is 0 Å². The van der Waals surface area contributed by atoms with Crippen molar-refractivity contribution in [1.29, 1.82) is 0 Å². The molecule has 0 saturated carbocycles. The van der Waals surface area contributed by atoms with E-state index < -0.39 is 10.6 Å². The van der Waals surface area contributed by atoms with Gasteiger partial charge in [0.15, 0.2) is 0 Å². The fourth-order valence-electron chi connectivity index (χ4n) is 4.42. The molecule has 0 unspecified atom stereocenters. The monoisotopic (exact) mass is 400 g/mol. The third-order valence-electron chi connectivity index (χ3n) is 6.01. The first-order valence-corrected chi connectivity index (χ1v) is 11.9. The molecule has 2 aliphatic rings. The normalized spacial score (nSPS) is 19.8. The van der Waals surface area contributed by atoms with Crippen LogP contribution in [0.25, 0.3) is 11.1 Å². The molecule has 4 nitrogen and oxygen atoms in total. The summed E-state index contributed by atoms with van der Waals surface area (Å²) in [6.45, 7) is 2.74. The van der Waals surface area contributed by atoms with Crippen LogP contribution in [0.1, 0.15) is 46.3 Å². The van der Waals surface area contributed by atoms with E-state index in [1.807, 2.05) is 12.1 Å². The lowest BCUT2D eigenvalue weighted by molar-refractivity contribution is 0.112. The third-order valence-corrected chi connectivity index (χ3v) is 7.79. The van der Waals surface area contributed by atoms with Crippen molar-refractivity contribution >= 4 is 16.9 Å². The summed E-state index contributed by atoms with van der Waals surface area (Å²) in [6, 6.07) is 10.3. The molecule has 0 atom stereocenters. The first-order chi connectivity index (χ1) is 13.4. The SMILES string of the molecule is Cc1cc(OCC2CCS(O)(O)CC2)cc2c1-c1cc(C=O)ccc1CCC2. The van der Waals surface area contributed by atoms with Gasteiger partial charge in [0.25, 0.3) is 0 Å². The Hall–Kier alpha value is -1.82. The van der Waals surface area contributed by atoms with Gasteiger partial charge in [0.2, 0.25) is 0 Å². The van der Waals surface area contributed by atoms with Crippen molar-refractivity contribution in [2.24, 2.45) is 5.92 Å². The van der Waals surface area contributed by atoms with Crippen LogP contribution in [-0.2, 0) is 12.8 Å². The summed E-state index contributed by atoms with van der Waals surface area (Å²) in [6.07, 6.45) is 5.65. The number of aldehydes is 1. The van der Waals surface area contributed by atoms with E-state index in [0.29, 0.717) is 24.0 Å². The Morgan fingerprint density at radius 3 is 2.61 bits per heavy atom. The molecule has 2 aromatic rings. The highest BCUT2D eigenvalue weighted by atomic mass is 32.3. The second-order valence-electron chi connectivity index (χ2n) is 8.13. The highest BCUT2D eigenvalue weighted by molar-refractivity contribution is 8.24. The number of benzene rings is 2. The molecule has 4 rings (SSSR count). The Balaban J connectivity index is 1.56. The van der Waals surface area contributed by atoms with Gasteiger partial charge in [-0.25, -0.2) is 0 Å². The molecule has 0 spiro atoms. The Bertz CT molecular complexity index is 880. The van der Waals surface area contributed by atoms with Gasteiger partial charge < -0.3 is 4.74 Å². The number of hydrogen-bond acceptors (Lipinski definition) is 4. The van der Waals surface area contributed by atoms with Crippen LogP contribution in [0.5, 0.6) is 5.75 Å². The molecule has 2 N–H and O–H groups in total. The summed E-state index contributed by atoms with van der Waals surface area (Å²) in [5, 5.41) is 0. The van der Waals surface area contributed by atoms with Gasteiger partial charge in [-0.3, -0.25) is 13.9 Å². The number of carbonyl (C=O) groups excluding carboxylic acids is 1. The predicted octanol–water partition coefficient (Wildman–Crippen LogP) is 5.50. The van der Waals surface area contributed by atoms with Crippen molar-refractivity contribution in [1.82, 2.24) is 0 Å². The summed E-state index contributed by atoms with van der Waals surface area (Å²) in [5.41, 5.74) is 6.91. The molecule has 5 heteroatoms. The summed E-state index contributed by atoms with van der Waals surface area (Å²) >= 11 is 0. The first-order valence-electron chi connectivity index (χ1n) is 10.0. The molecule has 28 heavy (non-hydrogen) atoms. The topological polar surface area (TPSA) is 66.8 Å². The average molecular weight is 401 g/mol. The molecule has 2 aromatic carbocycles. The zero-order valence-corrected chi connectivity index (χ0v) is 17.1. The van der Waals surface area contributed by atoms with E-state index in [0.717, 1.165) is 49.7 Å². The standard InChI is InChI=1S/C23H28O4S/c1-16-11-21(27-15-17-7-9-28(25,26)10-8-17)13-20-4-2-3-19-6-5-18(14-24)12-22(19)23(16)20/h5-6,11-14,17,25-26H,2-4,7-10,15H2,1H3. The van der Waals surface area contributed by atoms with Crippen LogP contribution in [0.4, 0.5) is 0 Å². The molecule has 150 valence electrons. The fourth-order valence-corrected chi connectivity index (χ4v) is 6.04. The minimum Gasteiger partial charge on any atom is -0.493 e. The van der Waals surface area contributed by atoms with Crippen LogP contribution in [0.3, 0.4) is 0 Å². The Morgan fingerprint density at radius 2 is 1.86 bits per heavy atom. The summed E-state index contributed by atoms with van der Waals surface area (Å²) < 4.78 is 25.7. The van der Waals surface area contributed by atoms with Gasteiger partial charge in [0.05, 0.1) is 6.61 Å². The highest BCUT2D eigenvalue weighted by Gasteiger charge is 2.25. The van der Waals surface area contributed by atoms with E-state index in [4.69, 9.17) is 4.74 Å². The van der Waals surface area contributed by atoms with Crippen LogP contribution >= 0.6 is 10.6 Å². The maximum absolute atomic E-state index is 11.3. The van der Waals surface area contributed by atoms with Gasteiger partial charge in [-0.2, -0.15) is 10.6 Å². The van der Waals surface area contributed by atoms with Crippen molar-refractivity contribution in [3.8, 4) is 16.9 Å². The number of hydrogen-bond donors (Lipinski definition) is 2. The molecule has 0 amide bonds. The molecule has 1 heterocycles. The second kappa shape index (κ2) is 7.90. The van der Waals surface area contributed by atoms with Gasteiger partial charge in [-0.15, -0.1) is 0 Å². The summed E-state index contributed by atoms with van der Waals surface area (Å²) in [4.78, 5) is 11.3. The average Bonchev–Trinajstić information content (AvgIpc) is 2.86. The van der Waals surface area contributed by atoms with Crippen LogP contribution in [0.2, 0.25) is 0 Å². The minimum atomic E-state index is -2.34. The van der Waals surface area contributed by atoms with E-state index in [1.165, 1.54) is 27.8 Å². The lowest BCUT2D eigenvalue weighted by Crippen LogP contribution is -2.24. The maximum Gasteiger partial charge on any atom is 0.150 e. The second-order valence-corrected chi connectivity index (χ2v) is 10.5. The minimum absolute atomic E-state index is 0.384. The van der Waals surface area contributed by atoms with Gasteiger partial charge in [-0.1, -0.05) is 12.1 Å². The zero-order valence-electron chi connectivity index (χ0n) is 16.3. The van der Waals surface area contributed by atoms with Crippen LogP contribution < -0.4 is 4.74 Å². The van der Waals surface area contributed by atoms with E-state index in [2.05, 4.69) is 25.1 Å². The Morgan fingerprint density at radius 1 is 1.11 bits per heavy atom. The molecular formula is C23H28O4S. The smallest absolute Gasteiger partial charge is 0.150 e. The molecule has 1 fully saturated rings. The number of aryl methyl sites for hydroxylation is 3. The van der Waals surface area contributed by atoms with E-state index in [1.54, 1.807) is 0 Å². The molecular weight excluding hydrogens is 372 g/mol. The van der Waals surface area contributed by atoms with E-state index >= 15 is 0 Å². The summed E-state index contributed by atoms with van der Waals surface area (Å²) in [7, 11) is -2.34. The molecule has 0 bridgehead atoms. The number of ether oxygens (including phenoxy) is 1. The lowest BCUT2D eigenvalue weighted by atomic mass is 9.91. The third kappa shape index (κ3) is 4.12. The Kier molecular flexibility index (Phi) is 5.50. The first kappa shape index (κ1) is 19.5. The van der Waals surface area contributed by atoms with Crippen molar-refractivity contribution < 1.29 is 18.6 Å². The van der Waals surface area contributed by atoms with Crippen molar-refractivity contribution in [2.75, 3.05) is 18.1 Å². The van der Waals surface area contributed by atoms with Gasteiger partial charge in [-0.05, 0) is 91.0 Å². The quantitative estimate of drug-likeness (QED) is 0.665. The van der Waals surface area contributed by atoms with Gasteiger partial charge in [0, 0.05) is 17.1 Å². The Labute approximate surface area is 168 Å². The van der Waals surface area contributed by atoms with Crippen LogP contribution in [-0.4, -0.2) is 33.5 Å². The molecule has 1 aliphatic heterocycles. The van der Waals surface area contributed by atoms with Crippen LogP contribution in [0.15, 0.2) is 30.3 Å². The molecule has 1 saturated heterocycles. The number of fused-ring (bicyclic) bond motifs is 3. The summed E-state index contributed by atoms with van der Waals surface area (Å²) in [5.74, 6) is 2.28. The van der Waals surface area contributed by atoms with E-state index in [9.17, 15) is 13.9 Å². The maximum atomic E-state index is 11.3. The molecule has 0 radical (unpaired) electrons. The zero-order chi connectivity index (χ0) is 19.7. The molecule has 1 aliphatic carbocycles. The van der Waals surface area contributed by atoms with Crippen molar-refractivity contribution in [2.45, 2.75) is 39.0 Å². The highest BCUT2D eigenvalue weighted by Crippen LogP contribution is 2.45. The van der Waals surface area contributed by atoms with Gasteiger partial charge in [0.1, 0.15) is 12.0 Å².